The van der Waals surface area contributed by atoms with E-state index in [1.54, 1.807) is 32.9 Å². The van der Waals surface area contributed by atoms with Gasteiger partial charge in [0.05, 0.1) is 6.54 Å². The van der Waals surface area contributed by atoms with E-state index in [-0.39, 0.29) is 37.6 Å². The van der Waals surface area contributed by atoms with E-state index in [1.807, 2.05) is 68.4 Å². The highest BCUT2D eigenvalue weighted by Gasteiger charge is 2.39. The van der Waals surface area contributed by atoms with Crippen LogP contribution in [-0.4, -0.2) is 58.1 Å². The van der Waals surface area contributed by atoms with E-state index in [0.29, 0.717) is 6.54 Å². The lowest BCUT2D eigenvalue weighted by molar-refractivity contribution is -0.143. The fraction of sp³-hybridized carbons (Fsp3) is 0.371. The normalized spacial score (nSPS) is 15.0. The lowest BCUT2D eigenvalue weighted by atomic mass is 9.91. The number of rotatable bonds is 9. The van der Waals surface area contributed by atoms with Crippen molar-refractivity contribution in [2.75, 3.05) is 6.54 Å². The molecule has 10 heteroatoms. The Hall–Kier alpha value is -4.86. The number of phenolic OH excluding ortho intramolecular Hbond substituents is 1. The summed E-state index contributed by atoms with van der Waals surface area (Å²) in [7, 11) is 0. The second kappa shape index (κ2) is 14.3. The van der Waals surface area contributed by atoms with Crippen LogP contribution in [-0.2, 0) is 45.1 Å². The molecule has 0 bridgehead atoms. The second-order valence-electron chi connectivity index (χ2n) is 12.4. The number of aromatic hydroxyl groups is 1. The van der Waals surface area contributed by atoms with Crippen molar-refractivity contribution in [3.63, 3.8) is 0 Å². The molecule has 0 aliphatic carbocycles. The van der Waals surface area contributed by atoms with Gasteiger partial charge in [-0.05, 0) is 80.1 Å². The molecule has 3 aromatic rings. The van der Waals surface area contributed by atoms with Crippen molar-refractivity contribution in [3.05, 3.63) is 100 Å². The van der Waals surface area contributed by atoms with Gasteiger partial charge < -0.3 is 30.7 Å². The minimum Gasteiger partial charge on any atom is -0.508 e. The van der Waals surface area contributed by atoms with Gasteiger partial charge in [0.15, 0.2) is 0 Å². The predicted molar refractivity (Wildman–Crippen MR) is 170 cm³/mol. The fourth-order valence-corrected chi connectivity index (χ4v) is 5.48. The molecule has 4 amide bonds. The van der Waals surface area contributed by atoms with E-state index in [9.17, 15) is 24.3 Å². The quantitative estimate of drug-likeness (QED) is 0.289. The number of phenols is 1. The van der Waals surface area contributed by atoms with Gasteiger partial charge in [0.25, 0.3) is 0 Å². The van der Waals surface area contributed by atoms with Crippen LogP contribution in [0, 0.1) is 13.8 Å². The average Bonchev–Trinajstić information content (AvgIpc) is 2.98. The Kier molecular flexibility index (Phi) is 10.5. The lowest BCUT2D eigenvalue weighted by Gasteiger charge is -2.38. The van der Waals surface area contributed by atoms with Crippen LogP contribution in [0.1, 0.15) is 54.2 Å². The highest BCUT2D eigenvalue weighted by atomic mass is 16.6. The Morgan fingerprint density at radius 3 is 2.20 bits per heavy atom. The van der Waals surface area contributed by atoms with Crippen molar-refractivity contribution >= 4 is 23.8 Å². The summed E-state index contributed by atoms with van der Waals surface area (Å²) in [6.07, 6.45) is -0.399. The third kappa shape index (κ3) is 9.07. The first-order chi connectivity index (χ1) is 21.3. The Morgan fingerprint density at radius 2 is 1.56 bits per heavy atom. The number of nitrogens with zero attached hydrogens (tertiary/aromatic N) is 1. The largest absolute Gasteiger partial charge is 0.508 e. The number of fused-ring (bicyclic) bond motifs is 1. The number of hydrogen-bond donors (Lipinski definition) is 4. The molecule has 4 N–H and O–H groups in total. The number of carbonyl (C=O) groups is 4. The summed E-state index contributed by atoms with van der Waals surface area (Å²) in [5.41, 5.74) is 4.26. The second-order valence-corrected chi connectivity index (χ2v) is 12.4. The van der Waals surface area contributed by atoms with Gasteiger partial charge in [0.2, 0.25) is 17.7 Å². The molecule has 1 heterocycles. The Morgan fingerprint density at radius 1 is 0.933 bits per heavy atom. The molecule has 0 fully saturated rings. The summed E-state index contributed by atoms with van der Waals surface area (Å²) in [4.78, 5) is 55.0. The maximum atomic E-state index is 14.4. The molecule has 45 heavy (non-hydrogen) atoms. The average molecular weight is 615 g/mol. The van der Waals surface area contributed by atoms with Crippen LogP contribution in [0.4, 0.5) is 4.79 Å². The highest BCUT2D eigenvalue weighted by Crippen LogP contribution is 2.27. The van der Waals surface area contributed by atoms with Crippen molar-refractivity contribution in [3.8, 4) is 5.75 Å². The predicted octanol–water partition coefficient (Wildman–Crippen LogP) is 3.83. The molecule has 238 valence electrons. The summed E-state index contributed by atoms with van der Waals surface area (Å²) >= 11 is 0. The first kappa shape index (κ1) is 33.0. The van der Waals surface area contributed by atoms with Crippen LogP contribution in [0.2, 0.25) is 0 Å². The number of benzene rings is 3. The molecule has 1 aliphatic heterocycles. The van der Waals surface area contributed by atoms with Crippen molar-refractivity contribution in [1.29, 1.82) is 0 Å². The summed E-state index contributed by atoms with van der Waals surface area (Å²) in [6.45, 7) is 9.07. The maximum absolute atomic E-state index is 14.4. The zero-order valence-electron chi connectivity index (χ0n) is 26.5. The standard InChI is InChI=1S/C35H42N4O6/c1-22-15-27(40)16-23(2)28(22)18-29(38-34(44)45-35(3,4)5)33(43)39-21-26-14-10-9-13-25(26)17-30(39)32(42)37-20-31(41)36-19-24-11-7-6-8-12-24/h6-16,29-30,40H,17-21H2,1-5H3,(H,36,41)(H,37,42)(H,38,44)/t29-,30-/m0/s1. The molecule has 0 unspecified atom stereocenters. The van der Waals surface area contributed by atoms with Gasteiger partial charge in [-0.2, -0.15) is 0 Å². The van der Waals surface area contributed by atoms with E-state index < -0.39 is 35.6 Å². The minimum absolute atomic E-state index is 0.105. The zero-order valence-corrected chi connectivity index (χ0v) is 26.5. The molecular weight excluding hydrogens is 572 g/mol. The fourth-order valence-electron chi connectivity index (χ4n) is 5.48. The van der Waals surface area contributed by atoms with Crippen molar-refractivity contribution in [2.45, 2.75) is 78.2 Å². The van der Waals surface area contributed by atoms with Gasteiger partial charge >= 0.3 is 6.09 Å². The molecule has 0 spiro atoms. The van der Waals surface area contributed by atoms with E-state index in [1.165, 1.54) is 4.90 Å². The molecule has 0 aromatic heterocycles. The number of ether oxygens (including phenoxy) is 1. The maximum Gasteiger partial charge on any atom is 0.408 e. The van der Waals surface area contributed by atoms with Crippen LogP contribution in [0.5, 0.6) is 5.75 Å². The summed E-state index contributed by atoms with van der Waals surface area (Å²) in [5, 5.41) is 18.3. The Bertz CT molecular complexity index is 1530. The number of alkyl carbamates (subject to hydrolysis) is 1. The van der Waals surface area contributed by atoms with Crippen LogP contribution in [0.15, 0.2) is 66.7 Å². The third-order valence-corrected chi connectivity index (χ3v) is 7.67. The van der Waals surface area contributed by atoms with Gasteiger partial charge in [-0.25, -0.2) is 4.79 Å². The molecule has 10 nitrogen and oxygen atoms in total. The van der Waals surface area contributed by atoms with Crippen LogP contribution >= 0.6 is 0 Å². The van der Waals surface area contributed by atoms with Crippen LogP contribution in [0.3, 0.4) is 0 Å². The van der Waals surface area contributed by atoms with E-state index in [0.717, 1.165) is 33.4 Å². The summed E-state index contributed by atoms with van der Waals surface area (Å²) in [6, 6.07) is 18.2. The number of aryl methyl sites for hydroxylation is 2. The van der Waals surface area contributed by atoms with Gasteiger partial charge in [-0.3, -0.25) is 14.4 Å². The lowest BCUT2D eigenvalue weighted by Crippen LogP contribution is -2.59. The first-order valence-corrected chi connectivity index (χ1v) is 15.0. The molecule has 4 rings (SSSR count). The molecule has 0 saturated heterocycles. The van der Waals surface area contributed by atoms with Gasteiger partial charge in [-0.1, -0.05) is 54.6 Å². The third-order valence-electron chi connectivity index (χ3n) is 7.67. The molecule has 0 radical (unpaired) electrons. The van der Waals surface area contributed by atoms with E-state index >= 15 is 0 Å². The molecule has 0 saturated carbocycles. The Labute approximate surface area is 264 Å². The monoisotopic (exact) mass is 614 g/mol. The number of amides is 4. The number of nitrogens with one attached hydrogen (secondary N) is 3. The molecule has 3 aromatic carbocycles. The Balaban J connectivity index is 1.57. The zero-order chi connectivity index (χ0) is 32.7. The van der Waals surface area contributed by atoms with Crippen molar-refractivity contribution in [1.82, 2.24) is 20.9 Å². The SMILES string of the molecule is Cc1cc(O)cc(C)c1C[C@H](NC(=O)OC(C)(C)C)C(=O)N1Cc2ccccc2C[C@H]1C(=O)NCC(=O)NCc1ccccc1. The van der Waals surface area contributed by atoms with Gasteiger partial charge in [0, 0.05) is 25.9 Å². The molecule has 1 aliphatic rings. The summed E-state index contributed by atoms with van der Waals surface area (Å²) in [5.74, 6) is -1.19. The van der Waals surface area contributed by atoms with Gasteiger partial charge in [-0.15, -0.1) is 0 Å². The first-order valence-electron chi connectivity index (χ1n) is 15.0. The van der Waals surface area contributed by atoms with Gasteiger partial charge in [0.1, 0.15) is 23.4 Å². The van der Waals surface area contributed by atoms with E-state index in [2.05, 4.69) is 16.0 Å². The molecule has 2 atom stereocenters. The minimum atomic E-state index is -1.07. The number of hydrogen-bond acceptors (Lipinski definition) is 6. The highest BCUT2D eigenvalue weighted by molar-refractivity contribution is 5.93. The van der Waals surface area contributed by atoms with Crippen molar-refractivity contribution in [2.24, 2.45) is 0 Å². The van der Waals surface area contributed by atoms with Crippen LogP contribution in [0.25, 0.3) is 0 Å². The van der Waals surface area contributed by atoms with Crippen molar-refractivity contribution < 1.29 is 29.0 Å². The summed E-state index contributed by atoms with van der Waals surface area (Å²) < 4.78 is 5.49. The molecular formula is C35H42N4O6. The topological polar surface area (TPSA) is 137 Å². The smallest absolute Gasteiger partial charge is 0.408 e. The van der Waals surface area contributed by atoms with E-state index in [4.69, 9.17) is 4.74 Å². The van der Waals surface area contributed by atoms with Crippen LogP contribution < -0.4 is 16.0 Å². The number of carbonyl (C=O) groups excluding carboxylic acids is 4.